The first-order chi connectivity index (χ1) is 8.01. The van der Waals surface area contributed by atoms with Gasteiger partial charge < -0.3 is 10.5 Å². The maximum absolute atomic E-state index is 11.2. The third-order valence-electron chi connectivity index (χ3n) is 1.90. The zero-order valence-corrected chi connectivity index (χ0v) is 11.3. The van der Waals surface area contributed by atoms with Crippen LogP contribution in [0.1, 0.15) is 13.3 Å². The minimum absolute atomic E-state index is 0.105. The van der Waals surface area contributed by atoms with E-state index >= 15 is 0 Å². The molecule has 0 heterocycles. The van der Waals surface area contributed by atoms with Crippen molar-refractivity contribution in [2.45, 2.75) is 19.4 Å². The van der Waals surface area contributed by atoms with Crippen LogP contribution in [0, 0.1) is 0 Å². The first-order valence-corrected chi connectivity index (χ1v) is 6.12. The molecule has 0 spiro atoms. The minimum atomic E-state index is -0.467. The molecule has 2 N–H and O–H groups in total. The van der Waals surface area contributed by atoms with Crippen LogP contribution in [-0.4, -0.2) is 24.5 Å². The first kappa shape index (κ1) is 16.2. The standard InChI is InChI=1S/C12H17Cl2NO2/c1-3-17-12(16)8-11(15)9(2)4-5-10(14)6-7-13/h4-6,11H,2-3,7-8,15H2,1H3/b5-4-,10-6+. The number of carbonyl (C=O) groups excluding carboxylic acids is 1. The first-order valence-electron chi connectivity index (χ1n) is 5.21. The van der Waals surface area contributed by atoms with Crippen LogP contribution in [0.3, 0.4) is 0 Å². The number of alkyl halides is 1. The van der Waals surface area contributed by atoms with Gasteiger partial charge in [0.1, 0.15) is 0 Å². The monoisotopic (exact) mass is 277 g/mol. The van der Waals surface area contributed by atoms with Crippen LogP contribution >= 0.6 is 23.2 Å². The van der Waals surface area contributed by atoms with E-state index in [0.29, 0.717) is 23.1 Å². The van der Waals surface area contributed by atoms with Gasteiger partial charge in [-0.3, -0.25) is 4.79 Å². The fourth-order valence-electron chi connectivity index (χ4n) is 0.983. The van der Waals surface area contributed by atoms with Gasteiger partial charge in [-0.15, -0.1) is 11.6 Å². The number of hydrogen-bond acceptors (Lipinski definition) is 3. The highest BCUT2D eigenvalue weighted by molar-refractivity contribution is 6.31. The van der Waals surface area contributed by atoms with Crippen LogP contribution in [0.2, 0.25) is 0 Å². The number of rotatable bonds is 7. The van der Waals surface area contributed by atoms with Crippen molar-refractivity contribution < 1.29 is 9.53 Å². The van der Waals surface area contributed by atoms with Gasteiger partial charge in [-0.05, 0) is 18.6 Å². The highest BCUT2D eigenvalue weighted by atomic mass is 35.5. The second-order valence-corrected chi connectivity index (χ2v) is 4.01. The lowest BCUT2D eigenvalue weighted by atomic mass is 10.1. The Balaban J connectivity index is 4.23. The molecule has 0 aliphatic rings. The smallest absolute Gasteiger partial charge is 0.307 e. The molecular formula is C12H17Cl2NO2. The fraction of sp³-hybridized carbons (Fsp3) is 0.417. The van der Waals surface area contributed by atoms with Crippen molar-refractivity contribution in [1.82, 2.24) is 0 Å². The molecule has 0 bridgehead atoms. The maximum Gasteiger partial charge on any atom is 0.307 e. The van der Waals surface area contributed by atoms with Crippen molar-refractivity contribution in [2.75, 3.05) is 12.5 Å². The van der Waals surface area contributed by atoms with E-state index in [0.717, 1.165) is 0 Å². The Bertz CT molecular complexity index is 324. The molecule has 0 radical (unpaired) electrons. The average molecular weight is 278 g/mol. The van der Waals surface area contributed by atoms with E-state index in [2.05, 4.69) is 6.58 Å². The van der Waals surface area contributed by atoms with Crippen LogP contribution < -0.4 is 5.73 Å². The summed E-state index contributed by atoms with van der Waals surface area (Å²) >= 11 is 11.3. The molecule has 0 aliphatic heterocycles. The minimum Gasteiger partial charge on any atom is -0.466 e. The summed E-state index contributed by atoms with van der Waals surface area (Å²) in [5.74, 6) is 0.00167. The SMILES string of the molecule is C=C(/C=C\C(Cl)=C/CCl)C(N)CC(=O)OCC. The summed E-state index contributed by atoms with van der Waals surface area (Å²) in [7, 11) is 0. The predicted molar refractivity (Wildman–Crippen MR) is 72.2 cm³/mol. The molecule has 5 heteroatoms. The molecule has 1 atom stereocenters. The molecular weight excluding hydrogens is 261 g/mol. The second-order valence-electron chi connectivity index (χ2n) is 3.27. The number of hydrogen-bond donors (Lipinski definition) is 1. The zero-order chi connectivity index (χ0) is 13.3. The summed E-state index contributed by atoms with van der Waals surface area (Å²) < 4.78 is 4.79. The number of ether oxygens (including phenoxy) is 1. The van der Waals surface area contributed by atoms with Crippen LogP contribution in [0.25, 0.3) is 0 Å². The van der Waals surface area contributed by atoms with Crippen LogP contribution in [0.5, 0.6) is 0 Å². The maximum atomic E-state index is 11.2. The fourth-order valence-corrected chi connectivity index (χ4v) is 1.37. The van der Waals surface area contributed by atoms with Gasteiger partial charge in [0, 0.05) is 17.0 Å². The lowest BCUT2D eigenvalue weighted by Gasteiger charge is -2.10. The van der Waals surface area contributed by atoms with Crippen molar-refractivity contribution in [3.63, 3.8) is 0 Å². The Hall–Kier alpha value is -0.770. The van der Waals surface area contributed by atoms with E-state index in [1.54, 1.807) is 25.2 Å². The lowest BCUT2D eigenvalue weighted by Crippen LogP contribution is -2.26. The third-order valence-corrected chi connectivity index (χ3v) is 2.33. The Morgan fingerprint density at radius 3 is 2.71 bits per heavy atom. The van der Waals surface area contributed by atoms with Gasteiger partial charge >= 0.3 is 5.97 Å². The van der Waals surface area contributed by atoms with Crippen molar-refractivity contribution in [3.05, 3.63) is 35.4 Å². The average Bonchev–Trinajstić information content (AvgIpc) is 2.26. The third kappa shape index (κ3) is 8.02. The van der Waals surface area contributed by atoms with Gasteiger partial charge in [0.2, 0.25) is 0 Å². The molecule has 0 amide bonds. The van der Waals surface area contributed by atoms with Crippen molar-refractivity contribution >= 4 is 29.2 Å². The molecule has 0 aromatic carbocycles. The highest BCUT2D eigenvalue weighted by Crippen LogP contribution is 2.09. The number of halogens is 2. The summed E-state index contributed by atoms with van der Waals surface area (Å²) in [6.45, 7) is 5.85. The summed E-state index contributed by atoms with van der Waals surface area (Å²) in [5.41, 5.74) is 6.38. The van der Waals surface area contributed by atoms with Crippen LogP contribution in [-0.2, 0) is 9.53 Å². The van der Waals surface area contributed by atoms with Crippen LogP contribution in [0.4, 0.5) is 0 Å². The molecule has 0 aromatic rings. The Labute approximate surface area is 112 Å². The predicted octanol–water partition coefficient (Wildman–Crippen LogP) is 2.74. The molecule has 0 rings (SSSR count). The van der Waals surface area contributed by atoms with E-state index < -0.39 is 6.04 Å². The number of carbonyl (C=O) groups is 1. The molecule has 0 aromatic heterocycles. The highest BCUT2D eigenvalue weighted by Gasteiger charge is 2.11. The van der Waals surface area contributed by atoms with Crippen molar-refractivity contribution in [1.29, 1.82) is 0 Å². The number of allylic oxidation sites excluding steroid dienone is 3. The normalized spacial score (nSPS) is 13.8. The summed E-state index contributed by atoms with van der Waals surface area (Å²) in [5, 5.41) is 0.504. The van der Waals surface area contributed by atoms with E-state index in [-0.39, 0.29) is 12.4 Å². The Kier molecular flexibility index (Phi) is 8.86. The van der Waals surface area contributed by atoms with E-state index in [1.807, 2.05) is 0 Å². The van der Waals surface area contributed by atoms with Gasteiger partial charge in [0.05, 0.1) is 13.0 Å². The van der Waals surface area contributed by atoms with Crippen LogP contribution in [0.15, 0.2) is 35.4 Å². The lowest BCUT2D eigenvalue weighted by molar-refractivity contribution is -0.143. The molecule has 96 valence electrons. The largest absolute Gasteiger partial charge is 0.466 e. The number of esters is 1. The van der Waals surface area contributed by atoms with Gasteiger partial charge in [-0.1, -0.05) is 30.3 Å². The Morgan fingerprint density at radius 1 is 1.53 bits per heavy atom. The van der Waals surface area contributed by atoms with Gasteiger partial charge in [0.15, 0.2) is 0 Å². The van der Waals surface area contributed by atoms with Gasteiger partial charge in [-0.25, -0.2) is 0 Å². The molecule has 3 nitrogen and oxygen atoms in total. The Morgan fingerprint density at radius 2 is 2.18 bits per heavy atom. The van der Waals surface area contributed by atoms with Crippen molar-refractivity contribution in [2.24, 2.45) is 5.73 Å². The topological polar surface area (TPSA) is 52.3 Å². The molecule has 17 heavy (non-hydrogen) atoms. The summed E-state index contributed by atoms with van der Waals surface area (Å²) in [6, 6.07) is -0.467. The second kappa shape index (κ2) is 9.28. The summed E-state index contributed by atoms with van der Waals surface area (Å²) in [6.07, 6.45) is 5.05. The molecule has 1 unspecified atom stereocenters. The number of nitrogens with two attached hydrogens (primary N) is 1. The van der Waals surface area contributed by atoms with Gasteiger partial charge in [0.25, 0.3) is 0 Å². The molecule has 0 aliphatic carbocycles. The van der Waals surface area contributed by atoms with E-state index in [4.69, 9.17) is 33.7 Å². The summed E-state index contributed by atoms with van der Waals surface area (Å²) in [4.78, 5) is 11.2. The molecule has 0 fully saturated rings. The quantitative estimate of drug-likeness (QED) is 0.442. The molecule has 0 saturated carbocycles. The van der Waals surface area contributed by atoms with Gasteiger partial charge in [-0.2, -0.15) is 0 Å². The molecule has 0 saturated heterocycles. The van der Waals surface area contributed by atoms with E-state index in [1.165, 1.54) is 0 Å². The van der Waals surface area contributed by atoms with Crippen molar-refractivity contribution in [3.8, 4) is 0 Å². The van der Waals surface area contributed by atoms with E-state index in [9.17, 15) is 4.79 Å². The zero-order valence-electron chi connectivity index (χ0n) is 9.79.